The molecule has 0 aliphatic heterocycles. The molecule has 0 N–H and O–H groups in total. The molecule has 1 aromatic rings. The third-order valence-corrected chi connectivity index (χ3v) is 4.92. The van der Waals surface area contributed by atoms with Crippen LogP contribution in [0.15, 0.2) is 29.2 Å². The Kier molecular flexibility index (Phi) is 3.81. The van der Waals surface area contributed by atoms with Crippen molar-refractivity contribution < 1.29 is 17.9 Å². The minimum absolute atomic E-state index is 0.169. The van der Waals surface area contributed by atoms with E-state index in [-0.39, 0.29) is 12.0 Å². The molecule has 2 rings (SSSR count). The lowest BCUT2D eigenvalue weighted by molar-refractivity contribution is -0.0391. The van der Waals surface area contributed by atoms with Gasteiger partial charge in [0.05, 0.1) is 16.8 Å². The first-order valence-corrected chi connectivity index (χ1v) is 7.09. The highest BCUT2D eigenvalue weighted by Gasteiger charge is 2.36. The molecule has 0 spiro atoms. The van der Waals surface area contributed by atoms with Gasteiger partial charge in [0, 0.05) is 7.11 Å². The number of methoxy groups -OCH3 is 1. The van der Waals surface area contributed by atoms with Crippen LogP contribution in [0.1, 0.15) is 18.4 Å². The Morgan fingerprint density at radius 2 is 2.12 bits per heavy atom. The van der Waals surface area contributed by atoms with Crippen molar-refractivity contribution in [3.8, 4) is 0 Å². The number of ether oxygens (including phenoxy) is 2. The normalized spacial score (nSPS) is 16.1. The molecule has 4 nitrogen and oxygen atoms in total. The van der Waals surface area contributed by atoms with E-state index in [9.17, 15) is 8.42 Å². The van der Waals surface area contributed by atoms with E-state index in [4.69, 9.17) is 9.47 Å². The lowest BCUT2D eigenvalue weighted by Crippen LogP contribution is -2.07. The largest absolute Gasteiger partial charge is 0.359 e. The van der Waals surface area contributed by atoms with Gasteiger partial charge in [-0.2, -0.15) is 0 Å². The Labute approximate surface area is 101 Å². The van der Waals surface area contributed by atoms with Crippen LogP contribution in [0.25, 0.3) is 0 Å². The zero-order valence-corrected chi connectivity index (χ0v) is 10.6. The molecule has 1 aliphatic carbocycles. The van der Waals surface area contributed by atoms with Crippen LogP contribution < -0.4 is 0 Å². The maximum atomic E-state index is 12.0. The van der Waals surface area contributed by atoms with Gasteiger partial charge in [-0.05, 0) is 30.5 Å². The van der Waals surface area contributed by atoms with Gasteiger partial charge in [0.25, 0.3) is 0 Å². The fourth-order valence-corrected chi connectivity index (χ4v) is 3.35. The summed E-state index contributed by atoms with van der Waals surface area (Å²) >= 11 is 0. The summed E-state index contributed by atoms with van der Waals surface area (Å²) in [5.41, 5.74) is 0.851. The van der Waals surface area contributed by atoms with Crippen LogP contribution in [-0.2, 0) is 25.9 Å². The van der Waals surface area contributed by atoms with Crippen LogP contribution in [0.2, 0.25) is 0 Å². The predicted octanol–water partition coefficient (Wildman–Crippen LogP) is 1.74. The molecule has 0 aromatic heterocycles. The standard InChI is InChI=1S/C12H16O4S/c1-15-9-16-8-10-3-2-4-12(7-10)17(13,14)11-5-6-11/h2-4,7,11H,5-6,8-9H2,1H3. The summed E-state index contributed by atoms with van der Waals surface area (Å²) in [6.07, 6.45) is 1.57. The van der Waals surface area contributed by atoms with Crippen LogP contribution in [-0.4, -0.2) is 27.6 Å². The quantitative estimate of drug-likeness (QED) is 0.574. The van der Waals surface area contributed by atoms with Crippen LogP contribution in [0, 0.1) is 0 Å². The average Bonchev–Trinajstić information content (AvgIpc) is 3.14. The molecule has 0 bridgehead atoms. The van der Waals surface area contributed by atoms with E-state index in [1.807, 2.05) is 6.07 Å². The lowest BCUT2D eigenvalue weighted by Gasteiger charge is -2.06. The Bertz CT molecular complexity index is 477. The summed E-state index contributed by atoms with van der Waals surface area (Å²) in [5.74, 6) is 0. The smallest absolute Gasteiger partial charge is 0.181 e. The fraction of sp³-hybridized carbons (Fsp3) is 0.500. The predicted molar refractivity (Wildman–Crippen MR) is 63.3 cm³/mol. The Morgan fingerprint density at radius 3 is 2.76 bits per heavy atom. The van der Waals surface area contributed by atoms with E-state index in [2.05, 4.69) is 0 Å². The van der Waals surface area contributed by atoms with Gasteiger partial charge in [-0.1, -0.05) is 12.1 Å². The van der Waals surface area contributed by atoms with E-state index in [1.165, 1.54) is 0 Å². The van der Waals surface area contributed by atoms with E-state index in [0.717, 1.165) is 18.4 Å². The molecule has 1 saturated carbocycles. The zero-order valence-electron chi connectivity index (χ0n) is 9.76. The van der Waals surface area contributed by atoms with Gasteiger partial charge in [0.15, 0.2) is 9.84 Å². The molecule has 0 radical (unpaired) electrons. The van der Waals surface area contributed by atoms with E-state index in [0.29, 0.717) is 11.5 Å². The molecule has 0 unspecified atom stereocenters. The van der Waals surface area contributed by atoms with Crippen molar-refractivity contribution in [2.75, 3.05) is 13.9 Å². The highest BCUT2D eigenvalue weighted by molar-refractivity contribution is 7.92. The van der Waals surface area contributed by atoms with E-state index >= 15 is 0 Å². The Hall–Kier alpha value is -0.910. The molecule has 17 heavy (non-hydrogen) atoms. The topological polar surface area (TPSA) is 52.6 Å². The number of hydrogen-bond donors (Lipinski definition) is 0. The fourth-order valence-electron chi connectivity index (χ4n) is 1.63. The first-order valence-electron chi connectivity index (χ1n) is 5.54. The minimum Gasteiger partial charge on any atom is -0.359 e. The first kappa shape index (κ1) is 12.5. The molecule has 0 amide bonds. The highest BCUT2D eigenvalue weighted by Crippen LogP contribution is 2.33. The summed E-state index contributed by atoms with van der Waals surface area (Å²) in [4.78, 5) is 0.401. The summed E-state index contributed by atoms with van der Waals surface area (Å²) in [5, 5.41) is -0.169. The van der Waals surface area contributed by atoms with Crippen LogP contribution in [0.5, 0.6) is 0 Å². The maximum absolute atomic E-state index is 12.0. The summed E-state index contributed by atoms with van der Waals surface area (Å²) < 4.78 is 34.0. The van der Waals surface area contributed by atoms with Crippen LogP contribution in [0.3, 0.4) is 0 Å². The SMILES string of the molecule is COCOCc1cccc(S(=O)(=O)C2CC2)c1. The zero-order chi connectivity index (χ0) is 12.3. The van der Waals surface area contributed by atoms with Crippen molar-refractivity contribution >= 4 is 9.84 Å². The maximum Gasteiger partial charge on any atom is 0.181 e. The Morgan fingerprint density at radius 1 is 1.35 bits per heavy atom. The molecular weight excluding hydrogens is 240 g/mol. The van der Waals surface area contributed by atoms with Crippen molar-refractivity contribution in [2.45, 2.75) is 29.6 Å². The number of sulfone groups is 1. The van der Waals surface area contributed by atoms with Crippen molar-refractivity contribution in [3.05, 3.63) is 29.8 Å². The second-order valence-electron chi connectivity index (χ2n) is 4.15. The second-order valence-corrected chi connectivity index (χ2v) is 6.37. The summed E-state index contributed by atoms with van der Waals surface area (Å²) in [7, 11) is -1.56. The van der Waals surface area contributed by atoms with Gasteiger partial charge in [-0.15, -0.1) is 0 Å². The number of rotatable bonds is 6. The van der Waals surface area contributed by atoms with Crippen molar-refractivity contribution in [1.29, 1.82) is 0 Å². The average molecular weight is 256 g/mol. The molecule has 1 aliphatic rings. The molecule has 0 saturated heterocycles. The highest BCUT2D eigenvalue weighted by atomic mass is 32.2. The van der Waals surface area contributed by atoms with Crippen molar-refractivity contribution in [3.63, 3.8) is 0 Å². The van der Waals surface area contributed by atoms with Gasteiger partial charge in [0.2, 0.25) is 0 Å². The van der Waals surface area contributed by atoms with Crippen LogP contribution >= 0.6 is 0 Å². The lowest BCUT2D eigenvalue weighted by atomic mass is 10.2. The molecular formula is C12H16O4S. The van der Waals surface area contributed by atoms with Gasteiger partial charge in [-0.3, -0.25) is 0 Å². The first-order chi connectivity index (χ1) is 8.14. The van der Waals surface area contributed by atoms with Gasteiger partial charge in [0.1, 0.15) is 6.79 Å². The molecule has 0 heterocycles. The molecule has 1 aromatic carbocycles. The van der Waals surface area contributed by atoms with Gasteiger partial charge < -0.3 is 9.47 Å². The van der Waals surface area contributed by atoms with Gasteiger partial charge in [-0.25, -0.2) is 8.42 Å². The van der Waals surface area contributed by atoms with Gasteiger partial charge >= 0.3 is 0 Å². The van der Waals surface area contributed by atoms with Crippen molar-refractivity contribution in [2.24, 2.45) is 0 Å². The van der Waals surface area contributed by atoms with E-state index < -0.39 is 9.84 Å². The number of benzene rings is 1. The minimum atomic E-state index is -3.11. The van der Waals surface area contributed by atoms with Crippen LogP contribution in [0.4, 0.5) is 0 Å². The monoisotopic (exact) mass is 256 g/mol. The molecule has 5 heteroatoms. The molecule has 1 fully saturated rings. The summed E-state index contributed by atoms with van der Waals surface area (Å²) in [6.45, 7) is 0.571. The third-order valence-electron chi connectivity index (χ3n) is 2.66. The molecule has 0 atom stereocenters. The van der Waals surface area contributed by atoms with Crippen molar-refractivity contribution in [1.82, 2.24) is 0 Å². The Balaban J connectivity index is 2.11. The van der Waals surface area contributed by atoms with E-state index in [1.54, 1.807) is 25.3 Å². The number of hydrogen-bond acceptors (Lipinski definition) is 4. The third kappa shape index (κ3) is 3.06. The molecule has 94 valence electrons. The second kappa shape index (κ2) is 5.16. The summed E-state index contributed by atoms with van der Waals surface area (Å²) in [6, 6.07) is 6.93.